The van der Waals surface area contributed by atoms with Crippen LogP contribution in [0.2, 0.25) is 0 Å². The maximum Gasteiger partial charge on any atom is 0.0725 e. The van der Waals surface area contributed by atoms with Crippen LogP contribution in [0.15, 0.2) is 304 Å². The second-order valence-corrected chi connectivity index (χ2v) is 24.0. The van der Waals surface area contributed by atoms with Gasteiger partial charge in [0.2, 0.25) is 0 Å². The highest BCUT2D eigenvalue weighted by Crippen LogP contribution is 2.64. The summed E-state index contributed by atoms with van der Waals surface area (Å²) >= 11 is 0. The molecule has 1 spiro atoms. The van der Waals surface area contributed by atoms with Crippen molar-refractivity contribution in [1.82, 2.24) is 4.57 Å². The molecular formula is C84H58N2. The molecule has 1 heterocycles. The van der Waals surface area contributed by atoms with Gasteiger partial charge in [-0.15, -0.1) is 0 Å². The molecule has 0 saturated carbocycles. The Hall–Kier alpha value is -10.8. The van der Waals surface area contributed by atoms with E-state index in [1.165, 1.54) is 128 Å². The molecule has 2 heteroatoms. The van der Waals surface area contributed by atoms with E-state index in [0.717, 1.165) is 33.9 Å². The van der Waals surface area contributed by atoms with Crippen molar-refractivity contribution in [2.45, 2.75) is 24.7 Å². The Kier molecular flexibility index (Phi) is 11.1. The van der Waals surface area contributed by atoms with Crippen LogP contribution in [0.5, 0.6) is 0 Å². The van der Waals surface area contributed by atoms with Gasteiger partial charge < -0.3 is 9.47 Å². The normalized spacial score (nSPS) is 14.6. The van der Waals surface area contributed by atoms with Gasteiger partial charge >= 0.3 is 0 Å². The zero-order valence-corrected chi connectivity index (χ0v) is 48.0. The standard InChI is InChI=1S/C84H58N2/c1-4-54-18-17-21-58(48-54)61-34-43-71-68-25-12-15-28-76(68)84(79(71)51-61)77-29-16-13-26-69(77)72-44-35-62(52-80(72)84)60-37-47-82-74(50-60)73-49-59(36-46-81(73)86(82)63-22-9-6-10-23-63)57-32-40-65(41-33-57)85(64-38-30-56(31-39-64)55-19-7-5-8-20-55)66-42-45-70-67-24-11-14-27-75(67)83(2,3)78(70)53-66/h4-53H,1H2,2-3H3. The number of para-hydroxylation sites is 1. The Bertz CT molecular complexity index is 5070. The van der Waals surface area contributed by atoms with Gasteiger partial charge in [0.05, 0.1) is 16.4 Å². The number of anilines is 3. The predicted molar refractivity (Wildman–Crippen MR) is 361 cm³/mol. The van der Waals surface area contributed by atoms with Gasteiger partial charge in [-0.2, -0.15) is 0 Å². The Morgan fingerprint density at radius 3 is 1.28 bits per heavy atom. The highest BCUT2D eigenvalue weighted by Gasteiger charge is 2.52. The number of fused-ring (bicyclic) bond motifs is 16. The van der Waals surface area contributed by atoms with Crippen molar-refractivity contribution in [3.8, 4) is 83.6 Å². The quantitative estimate of drug-likeness (QED) is 0.140. The van der Waals surface area contributed by atoms with Crippen LogP contribution in [0.25, 0.3) is 111 Å². The number of nitrogens with zero attached hydrogens (tertiary/aromatic N) is 2. The molecule has 14 aromatic rings. The van der Waals surface area contributed by atoms with Crippen LogP contribution in [0.3, 0.4) is 0 Å². The molecule has 1 atom stereocenters. The molecule has 1 unspecified atom stereocenters. The molecule has 0 fully saturated rings. The molecule has 404 valence electrons. The first-order valence-electron chi connectivity index (χ1n) is 30.0. The lowest BCUT2D eigenvalue weighted by molar-refractivity contribution is 0.660. The molecule has 17 rings (SSSR count). The molecule has 1 aromatic heterocycles. The van der Waals surface area contributed by atoms with Crippen molar-refractivity contribution in [2.24, 2.45) is 0 Å². The molecule has 0 bridgehead atoms. The molecule has 0 radical (unpaired) electrons. The molecule has 0 N–H and O–H groups in total. The van der Waals surface area contributed by atoms with Crippen LogP contribution in [0, 0.1) is 0 Å². The minimum Gasteiger partial charge on any atom is -0.310 e. The summed E-state index contributed by atoms with van der Waals surface area (Å²) in [6.45, 7) is 8.82. The van der Waals surface area contributed by atoms with Crippen LogP contribution < -0.4 is 4.90 Å². The summed E-state index contributed by atoms with van der Waals surface area (Å²) < 4.78 is 2.43. The highest BCUT2D eigenvalue weighted by atomic mass is 15.1. The summed E-state index contributed by atoms with van der Waals surface area (Å²) in [5.41, 5.74) is 32.7. The van der Waals surface area contributed by atoms with E-state index in [1.807, 2.05) is 6.08 Å². The van der Waals surface area contributed by atoms with Gasteiger partial charge in [0.1, 0.15) is 0 Å². The second-order valence-electron chi connectivity index (χ2n) is 24.0. The lowest BCUT2D eigenvalue weighted by atomic mass is 9.70. The summed E-state index contributed by atoms with van der Waals surface area (Å²) in [5.74, 6) is 0. The fraction of sp³-hybridized carbons (Fsp3) is 0.0476. The molecule has 13 aromatic carbocycles. The average molecular weight is 1100 g/mol. The first kappa shape index (κ1) is 49.8. The van der Waals surface area contributed by atoms with Crippen molar-refractivity contribution in [3.05, 3.63) is 343 Å². The summed E-state index contributed by atoms with van der Waals surface area (Å²) in [6, 6.07) is 111. The molecule has 0 amide bonds. The maximum atomic E-state index is 4.10. The van der Waals surface area contributed by atoms with Crippen LogP contribution in [-0.4, -0.2) is 4.57 Å². The number of aromatic nitrogens is 1. The van der Waals surface area contributed by atoms with Gasteiger partial charge in [-0.05, 0) is 208 Å². The van der Waals surface area contributed by atoms with E-state index in [2.05, 4.69) is 327 Å². The first-order valence-corrected chi connectivity index (χ1v) is 30.0. The van der Waals surface area contributed by atoms with E-state index in [4.69, 9.17) is 0 Å². The number of rotatable bonds is 9. The van der Waals surface area contributed by atoms with Gasteiger partial charge in [-0.1, -0.05) is 233 Å². The van der Waals surface area contributed by atoms with Gasteiger partial charge in [-0.25, -0.2) is 0 Å². The fourth-order valence-corrected chi connectivity index (χ4v) is 15.1. The molecule has 0 aliphatic heterocycles. The van der Waals surface area contributed by atoms with Gasteiger partial charge in [0.15, 0.2) is 0 Å². The largest absolute Gasteiger partial charge is 0.310 e. The third kappa shape index (κ3) is 7.39. The van der Waals surface area contributed by atoms with Crippen molar-refractivity contribution in [1.29, 1.82) is 0 Å². The van der Waals surface area contributed by atoms with E-state index in [9.17, 15) is 0 Å². The Balaban J connectivity index is 0.791. The summed E-state index contributed by atoms with van der Waals surface area (Å²) in [6.07, 6.45) is 1.93. The average Bonchev–Trinajstić information content (AvgIpc) is 1.53. The second kappa shape index (κ2) is 19.1. The SMILES string of the molecule is C=Cc1cccc(-c2ccc3c(c2)C2(c4ccccc4-3)c3ccccc3-c3ccc(-c4ccc5c(c4)c4cc(-c6ccc(N(c7ccc(-c8ccccc8)cc7)c7ccc8c(c7)C(C)(C)c7ccccc7-8)cc6)ccc4n5-c4ccccc4)cc32)c1. The summed E-state index contributed by atoms with van der Waals surface area (Å²) in [4.78, 5) is 2.42. The Morgan fingerprint density at radius 2 is 0.698 bits per heavy atom. The maximum absolute atomic E-state index is 4.10. The minimum absolute atomic E-state index is 0.131. The van der Waals surface area contributed by atoms with Gasteiger partial charge in [0.25, 0.3) is 0 Å². The monoisotopic (exact) mass is 1090 g/mol. The topological polar surface area (TPSA) is 8.17 Å². The van der Waals surface area contributed by atoms with E-state index >= 15 is 0 Å². The minimum atomic E-state index is -0.507. The highest BCUT2D eigenvalue weighted by molar-refractivity contribution is 6.12. The molecule has 0 saturated heterocycles. The molecular weight excluding hydrogens is 1040 g/mol. The third-order valence-corrected chi connectivity index (χ3v) is 19.2. The molecule has 3 aliphatic carbocycles. The smallest absolute Gasteiger partial charge is 0.0725 e. The van der Waals surface area contributed by atoms with Crippen molar-refractivity contribution in [3.63, 3.8) is 0 Å². The summed E-state index contributed by atoms with van der Waals surface area (Å²) in [5, 5.41) is 2.43. The lowest BCUT2D eigenvalue weighted by Crippen LogP contribution is -2.26. The lowest BCUT2D eigenvalue weighted by Gasteiger charge is -2.31. The van der Waals surface area contributed by atoms with Crippen LogP contribution in [0.1, 0.15) is 52.8 Å². The van der Waals surface area contributed by atoms with Crippen LogP contribution in [0.4, 0.5) is 17.1 Å². The zero-order chi connectivity index (χ0) is 57.3. The van der Waals surface area contributed by atoms with E-state index in [0.29, 0.717) is 0 Å². The van der Waals surface area contributed by atoms with E-state index < -0.39 is 5.41 Å². The summed E-state index contributed by atoms with van der Waals surface area (Å²) in [7, 11) is 0. The zero-order valence-electron chi connectivity index (χ0n) is 48.0. The van der Waals surface area contributed by atoms with E-state index in [1.54, 1.807) is 0 Å². The first-order chi connectivity index (χ1) is 42.3. The number of hydrogen-bond acceptors (Lipinski definition) is 1. The van der Waals surface area contributed by atoms with Gasteiger partial charge in [0, 0.05) is 38.9 Å². The van der Waals surface area contributed by atoms with E-state index in [-0.39, 0.29) is 5.41 Å². The van der Waals surface area contributed by atoms with Crippen molar-refractivity contribution >= 4 is 44.9 Å². The predicted octanol–water partition coefficient (Wildman–Crippen LogP) is 22.2. The van der Waals surface area contributed by atoms with Crippen LogP contribution in [-0.2, 0) is 10.8 Å². The molecule has 3 aliphatic rings. The third-order valence-electron chi connectivity index (χ3n) is 19.2. The molecule has 2 nitrogen and oxygen atoms in total. The Morgan fingerprint density at radius 1 is 0.302 bits per heavy atom. The van der Waals surface area contributed by atoms with Crippen molar-refractivity contribution < 1.29 is 0 Å². The van der Waals surface area contributed by atoms with Crippen molar-refractivity contribution in [2.75, 3.05) is 4.90 Å². The Labute approximate surface area is 502 Å². The number of hydrogen-bond donors (Lipinski definition) is 0. The molecule has 86 heavy (non-hydrogen) atoms. The van der Waals surface area contributed by atoms with Gasteiger partial charge in [-0.3, -0.25) is 0 Å². The van der Waals surface area contributed by atoms with Crippen LogP contribution >= 0.6 is 0 Å². The number of benzene rings is 13. The fourth-order valence-electron chi connectivity index (χ4n) is 15.1.